The fourth-order valence-electron chi connectivity index (χ4n) is 2.43. The second-order valence-electron chi connectivity index (χ2n) is 5.69. The summed E-state index contributed by atoms with van der Waals surface area (Å²) in [5.41, 5.74) is 1.40. The number of aliphatic hydroxyl groups is 2. The van der Waals surface area contributed by atoms with Crippen LogP contribution in [0.1, 0.15) is 12.6 Å². The molecule has 0 bridgehead atoms. The van der Waals surface area contributed by atoms with Crippen molar-refractivity contribution in [3.63, 3.8) is 0 Å². The second-order valence-corrected chi connectivity index (χ2v) is 5.69. The van der Waals surface area contributed by atoms with E-state index in [2.05, 4.69) is 9.97 Å². The summed E-state index contributed by atoms with van der Waals surface area (Å²) in [7, 11) is 0. The van der Waals surface area contributed by atoms with Crippen molar-refractivity contribution >= 4 is 11.5 Å². The van der Waals surface area contributed by atoms with E-state index in [1.807, 2.05) is 6.92 Å². The molecule has 132 valence electrons. The molecule has 0 radical (unpaired) electrons. The summed E-state index contributed by atoms with van der Waals surface area (Å²) in [6, 6.07) is 7.72. The van der Waals surface area contributed by atoms with Crippen LogP contribution in [0, 0.1) is 10.1 Å². The van der Waals surface area contributed by atoms with E-state index in [4.69, 9.17) is 4.84 Å². The van der Waals surface area contributed by atoms with Crippen LogP contribution in [-0.4, -0.2) is 50.5 Å². The van der Waals surface area contributed by atoms with E-state index in [0.717, 1.165) is 5.69 Å². The van der Waals surface area contributed by atoms with Crippen LogP contribution in [0.15, 0.2) is 30.3 Å². The maximum Gasteiger partial charge on any atom is 0.269 e. The minimum Gasteiger partial charge on any atom is -0.388 e. The van der Waals surface area contributed by atoms with Crippen LogP contribution in [0.25, 0.3) is 11.4 Å². The van der Waals surface area contributed by atoms with Crippen LogP contribution in [0.5, 0.6) is 0 Å². The van der Waals surface area contributed by atoms with Gasteiger partial charge in [-0.2, -0.15) is 0 Å². The van der Waals surface area contributed by atoms with Crippen molar-refractivity contribution in [1.82, 2.24) is 9.97 Å². The Morgan fingerprint density at radius 3 is 2.60 bits per heavy atom. The van der Waals surface area contributed by atoms with Gasteiger partial charge in [-0.3, -0.25) is 15.0 Å². The molecule has 1 saturated heterocycles. The van der Waals surface area contributed by atoms with Gasteiger partial charge in [0.2, 0.25) is 0 Å². The average molecular weight is 346 g/mol. The Morgan fingerprint density at radius 2 is 2.00 bits per heavy atom. The number of β-amino-alcohol motifs (C(OH)–C–C–N with tert-alkyl or cyclic N) is 1. The quantitative estimate of drug-likeness (QED) is 0.623. The van der Waals surface area contributed by atoms with Crippen molar-refractivity contribution in [2.45, 2.75) is 25.6 Å². The highest BCUT2D eigenvalue weighted by atomic mass is 16.7. The van der Waals surface area contributed by atoms with Gasteiger partial charge >= 0.3 is 0 Å². The lowest BCUT2D eigenvalue weighted by Crippen LogP contribution is -2.48. The number of aliphatic hydroxyl groups excluding tert-OH is 2. The molecular formula is C16H18N4O5. The van der Waals surface area contributed by atoms with Crippen LogP contribution < -0.4 is 5.06 Å². The zero-order valence-electron chi connectivity index (χ0n) is 13.6. The number of benzene rings is 1. The van der Waals surface area contributed by atoms with Crippen molar-refractivity contribution in [3.05, 3.63) is 46.1 Å². The third-order valence-electron chi connectivity index (χ3n) is 3.92. The normalized spacial score (nSPS) is 20.5. The third kappa shape index (κ3) is 3.73. The number of hydrogen-bond acceptors (Lipinski definition) is 8. The van der Waals surface area contributed by atoms with Gasteiger partial charge in [-0.25, -0.2) is 15.0 Å². The second kappa shape index (κ2) is 7.09. The predicted molar refractivity (Wildman–Crippen MR) is 88.8 cm³/mol. The van der Waals surface area contributed by atoms with Crippen molar-refractivity contribution in [2.24, 2.45) is 0 Å². The van der Waals surface area contributed by atoms with Crippen molar-refractivity contribution < 1.29 is 20.0 Å². The Labute approximate surface area is 143 Å². The van der Waals surface area contributed by atoms with Gasteiger partial charge in [0.1, 0.15) is 18.8 Å². The minimum absolute atomic E-state index is 0.00732. The van der Waals surface area contributed by atoms with E-state index >= 15 is 0 Å². The summed E-state index contributed by atoms with van der Waals surface area (Å²) in [5.74, 6) is 0.875. The lowest BCUT2D eigenvalue weighted by atomic mass is 10.1. The van der Waals surface area contributed by atoms with Crippen LogP contribution in [0.4, 0.5) is 11.5 Å². The molecule has 0 aliphatic carbocycles. The van der Waals surface area contributed by atoms with Crippen molar-refractivity contribution in [2.75, 3.05) is 18.2 Å². The van der Waals surface area contributed by atoms with Gasteiger partial charge in [-0.1, -0.05) is 6.92 Å². The first-order valence-electron chi connectivity index (χ1n) is 7.87. The number of hydrogen-bond donors (Lipinski definition) is 2. The molecule has 2 N–H and O–H groups in total. The molecule has 9 heteroatoms. The van der Waals surface area contributed by atoms with Crippen molar-refractivity contribution in [3.8, 4) is 11.4 Å². The van der Waals surface area contributed by atoms with E-state index in [1.165, 1.54) is 17.2 Å². The summed E-state index contributed by atoms with van der Waals surface area (Å²) in [4.78, 5) is 24.6. The molecule has 1 aliphatic heterocycles. The molecule has 1 aliphatic rings. The fraction of sp³-hybridized carbons (Fsp3) is 0.375. The molecule has 0 amide bonds. The summed E-state index contributed by atoms with van der Waals surface area (Å²) in [5, 5.41) is 31.6. The van der Waals surface area contributed by atoms with Crippen LogP contribution in [0.2, 0.25) is 0 Å². The molecule has 9 nitrogen and oxygen atoms in total. The monoisotopic (exact) mass is 346 g/mol. The predicted octanol–water partition coefficient (Wildman–Crippen LogP) is 1.09. The zero-order chi connectivity index (χ0) is 18.0. The third-order valence-corrected chi connectivity index (χ3v) is 3.92. The number of nitrogens with zero attached hydrogens (tertiary/aromatic N) is 4. The lowest BCUT2D eigenvalue weighted by Gasteiger charge is -2.33. The first-order valence-corrected chi connectivity index (χ1v) is 7.87. The SMILES string of the molecule is CCc1cc(N2C[C@@H](O)[C@@H](O)CO2)nc(-c2ccc([N+](=O)[O-])cc2)n1. The van der Waals surface area contributed by atoms with E-state index in [1.54, 1.807) is 18.2 Å². The number of non-ortho nitro benzene ring substituents is 1. The molecule has 1 aromatic carbocycles. The number of aryl methyl sites for hydroxylation is 1. The lowest BCUT2D eigenvalue weighted by molar-refractivity contribution is -0.384. The molecule has 3 rings (SSSR count). The van der Waals surface area contributed by atoms with Crippen LogP contribution in [0.3, 0.4) is 0 Å². The molecule has 25 heavy (non-hydrogen) atoms. The molecule has 0 saturated carbocycles. The molecule has 2 heterocycles. The number of aromatic nitrogens is 2. The Kier molecular flexibility index (Phi) is 4.88. The summed E-state index contributed by atoms with van der Waals surface area (Å²) in [6.07, 6.45) is -1.20. The van der Waals surface area contributed by atoms with Crippen LogP contribution in [-0.2, 0) is 11.3 Å². The highest BCUT2D eigenvalue weighted by Gasteiger charge is 2.28. The van der Waals surface area contributed by atoms with Crippen molar-refractivity contribution in [1.29, 1.82) is 0 Å². The molecule has 2 aromatic rings. The first kappa shape index (κ1) is 17.2. The van der Waals surface area contributed by atoms with Gasteiger partial charge < -0.3 is 10.2 Å². The largest absolute Gasteiger partial charge is 0.388 e. The van der Waals surface area contributed by atoms with E-state index in [-0.39, 0.29) is 18.8 Å². The fourth-order valence-corrected chi connectivity index (χ4v) is 2.43. The van der Waals surface area contributed by atoms with E-state index in [0.29, 0.717) is 23.6 Å². The van der Waals surface area contributed by atoms with E-state index in [9.17, 15) is 20.3 Å². The smallest absolute Gasteiger partial charge is 0.269 e. The summed E-state index contributed by atoms with van der Waals surface area (Å²) >= 11 is 0. The number of nitro benzene ring substituents is 1. The standard InChI is InChI=1S/C16H18N4O5/c1-2-11-7-15(19-8-13(21)14(22)9-25-19)18-16(17-11)10-3-5-12(6-4-10)20(23)24/h3-7,13-14,21-22H,2,8-9H2,1H3/t13-,14+/m1/s1. The summed E-state index contributed by atoms with van der Waals surface area (Å²) in [6.45, 7) is 2.00. The number of rotatable bonds is 4. The zero-order valence-corrected chi connectivity index (χ0v) is 13.6. The molecular weight excluding hydrogens is 328 g/mol. The average Bonchev–Trinajstić information content (AvgIpc) is 2.63. The minimum atomic E-state index is -0.934. The van der Waals surface area contributed by atoms with E-state index < -0.39 is 17.1 Å². The maximum atomic E-state index is 10.8. The highest BCUT2D eigenvalue weighted by molar-refractivity contribution is 5.59. The van der Waals surface area contributed by atoms with Crippen LogP contribution >= 0.6 is 0 Å². The molecule has 2 atom stereocenters. The van der Waals surface area contributed by atoms with Gasteiger partial charge in [-0.05, 0) is 18.6 Å². The maximum absolute atomic E-state index is 10.8. The Balaban J connectivity index is 1.93. The number of hydroxylamine groups is 1. The van der Waals surface area contributed by atoms with Gasteiger partial charge in [-0.15, -0.1) is 0 Å². The topological polar surface area (TPSA) is 122 Å². The van der Waals surface area contributed by atoms with Gasteiger partial charge in [0.15, 0.2) is 11.6 Å². The van der Waals surface area contributed by atoms with Gasteiger partial charge in [0.25, 0.3) is 5.69 Å². The molecule has 0 unspecified atom stereocenters. The number of anilines is 1. The molecule has 0 spiro atoms. The Bertz CT molecular complexity index is 768. The summed E-state index contributed by atoms with van der Waals surface area (Å²) < 4.78 is 0. The Hall–Kier alpha value is -2.62. The number of nitro groups is 1. The first-order chi connectivity index (χ1) is 12.0. The highest BCUT2D eigenvalue weighted by Crippen LogP contribution is 2.24. The van der Waals surface area contributed by atoms with Gasteiger partial charge in [0.05, 0.1) is 11.5 Å². The Morgan fingerprint density at radius 1 is 1.28 bits per heavy atom. The molecule has 1 fully saturated rings. The van der Waals surface area contributed by atoms with Gasteiger partial charge in [0, 0.05) is 29.5 Å². The molecule has 1 aromatic heterocycles.